The summed E-state index contributed by atoms with van der Waals surface area (Å²) in [5.41, 5.74) is 0.688. The summed E-state index contributed by atoms with van der Waals surface area (Å²) in [6.07, 6.45) is 2.97. The van der Waals surface area contributed by atoms with Crippen molar-refractivity contribution >= 4 is 23.1 Å². The van der Waals surface area contributed by atoms with Crippen LogP contribution in [-0.4, -0.2) is 31.6 Å². The van der Waals surface area contributed by atoms with Gasteiger partial charge in [-0.05, 0) is 35.4 Å². The van der Waals surface area contributed by atoms with Gasteiger partial charge in [0.15, 0.2) is 0 Å². The van der Waals surface area contributed by atoms with Crippen molar-refractivity contribution in [3.05, 3.63) is 111 Å². The Bertz CT molecular complexity index is 1240. The van der Waals surface area contributed by atoms with Crippen LogP contribution >= 0.6 is 0 Å². The number of carbonyl (C=O) groups is 2. The largest absolute Gasteiger partial charge is 0.507 e. The molecule has 9 heteroatoms. The van der Waals surface area contributed by atoms with E-state index in [4.69, 9.17) is 0 Å². The summed E-state index contributed by atoms with van der Waals surface area (Å²) in [4.78, 5) is 41.6. The van der Waals surface area contributed by atoms with E-state index in [-0.39, 0.29) is 23.4 Å². The van der Waals surface area contributed by atoms with Crippen LogP contribution in [-0.2, 0) is 16.1 Å². The minimum atomic E-state index is -0.956. The van der Waals surface area contributed by atoms with Gasteiger partial charge in [-0.2, -0.15) is 0 Å². The molecule has 1 unspecified atom stereocenters. The average Bonchev–Trinajstić information content (AvgIpc) is 3.05. The highest BCUT2D eigenvalue weighted by Crippen LogP contribution is 2.40. The number of Topliss-reactive ketones (excluding diaryl/α,β-unsaturated/α-hetero) is 1. The predicted molar refractivity (Wildman–Crippen MR) is 112 cm³/mol. The Kier molecular flexibility index (Phi) is 5.46. The zero-order valence-electron chi connectivity index (χ0n) is 16.5. The highest BCUT2D eigenvalue weighted by atomic mass is 19.1. The third-order valence-corrected chi connectivity index (χ3v) is 5.16. The fourth-order valence-corrected chi connectivity index (χ4v) is 3.64. The predicted octanol–water partition coefficient (Wildman–Crippen LogP) is 3.75. The average molecular weight is 433 g/mol. The maximum absolute atomic E-state index is 13.3. The van der Waals surface area contributed by atoms with Crippen LogP contribution in [0.25, 0.3) is 5.76 Å². The van der Waals surface area contributed by atoms with Gasteiger partial charge >= 0.3 is 0 Å². The first-order valence-electron chi connectivity index (χ1n) is 9.54. The number of hydrogen-bond donors (Lipinski definition) is 1. The number of nitro groups is 1. The summed E-state index contributed by atoms with van der Waals surface area (Å²) in [6.45, 7) is -0.0104. The van der Waals surface area contributed by atoms with Gasteiger partial charge in [0.1, 0.15) is 11.6 Å². The van der Waals surface area contributed by atoms with Crippen molar-refractivity contribution in [2.24, 2.45) is 0 Å². The normalized spacial score (nSPS) is 17.5. The molecule has 0 aliphatic carbocycles. The topological polar surface area (TPSA) is 114 Å². The first-order chi connectivity index (χ1) is 15.4. The van der Waals surface area contributed by atoms with Gasteiger partial charge in [0, 0.05) is 36.6 Å². The Morgan fingerprint density at radius 3 is 2.44 bits per heavy atom. The van der Waals surface area contributed by atoms with Crippen molar-refractivity contribution in [1.29, 1.82) is 0 Å². The molecule has 1 aliphatic heterocycles. The number of nitro benzene ring substituents is 1. The summed E-state index contributed by atoms with van der Waals surface area (Å²) in [5.74, 6) is -2.72. The third-order valence-electron chi connectivity index (χ3n) is 5.16. The second kappa shape index (κ2) is 8.38. The van der Waals surface area contributed by atoms with Crippen LogP contribution in [0, 0.1) is 15.9 Å². The van der Waals surface area contributed by atoms with Gasteiger partial charge in [0.05, 0.1) is 16.5 Å². The van der Waals surface area contributed by atoms with Crippen molar-refractivity contribution in [2.75, 3.05) is 0 Å². The Morgan fingerprint density at radius 2 is 1.78 bits per heavy atom. The first kappa shape index (κ1) is 20.9. The number of pyridine rings is 1. The molecule has 2 heterocycles. The molecular formula is C23H16FN3O5. The van der Waals surface area contributed by atoms with Gasteiger partial charge in [-0.3, -0.25) is 24.7 Å². The van der Waals surface area contributed by atoms with Crippen molar-refractivity contribution in [2.45, 2.75) is 12.6 Å². The van der Waals surface area contributed by atoms with Crippen molar-refractivity contribution in [3.63, 3.8) is 0 Å². The number of carbonyl (C=O) groups excluding carboxylic acids is 2. The number of aliphatic hydroxyl groups is 1. The molecule has 1 N–H and O–H groups in total. The third kappa shape index (κ3) is 3.83. The van der Waals surface area contributed by atoms with E-state index in [9.17, 15) is 29.2 Å². The molecule has 3 aromatic rings. The fraction of sp³-hybridized carbons (Fsp3) is 0.0870. The summed E-state index contributed by atoms with van der Waals surface area (Å²) >= 11 is 0. The monoisotopic (exact) mass is 433 g/mol. The summed E-state index contributed by atoms with van der Waals surface area (Å²) < 4.78 is 13.3. The molecule has 32 heavy (non-hydrogen) atoms. The van der Waals surface area contributed by atoms with E-state index in [0.29, 0.717) is 11.1 Å². The maximum atomic E-state index is 13.3. The molecule has 0 saturated carbocycles. The van der Waals surface area contributed by atoms with Crippen LogP contribution in [0.5, 0.6) is 0 Å². The number of ketones is 1. The lowest BCUT2D eigenvalue weighted by Crippen LogP contribution is -2.29. The molecule has 1 aromatic heterocycles. The number of non-ortho nitro benzene ring substituents is 1. The Morgan fingerprint density at radius 1 is 1.09 bits per heavy atom. The van der Waals surface area contributed by atoms with Crippen LogP contribution in [0.3, 0.4) is 0 Å². The van der Waals surface area contributed by atoms with E-state index in [2.05, 4.69) is 4.98 Å². The van der Waals surface area contributed by atoms with Crippen molar-refractivity contribution in [1.82, 2.24) is 9.88 Å². The van der Waals surface area contributed by atoms with Crippen molar-refractivity contribution in [3.8, 4) is 0 Å². The molecule has 0 bridgehead atoms. The van der Waals surface area contributed by atoms with Crippen LogP contribution in [0.1, 0.15) is 22.7 Å². The number of nitrogens with zero attached hydrogens (tertiary/aromatic N) is 3. The Labute approximate surface area is 181 Å². The van der Waals surface area contributed by atoms with Gasteiger partial charge in [-0.15, -0.1) is 0 Å². The fourth-order valence-electron chi connectivity index (χ4n) is 3.64. The number of hydrogen-bond acceptors (Lipinski definition) is 6. The highest BCUT2D eigenvalue weighted by Gasteiger charge is 2.46. The molecule has 2 aromatic carbocycles. The van der Waals surface area contributed by atoms with Crippen LogP contribution in [0.2, 0.25) is 0 Å². The van der Waals surface area contributed by atoms with Gasteiger partial charge in [-0.1, -0.05) is 24.3 Å². The molecule has 1 amide bonds. The van der Waals surface area contributed by atoms with E-state index in [0.717, 1.165) is 6.07 Å². The first-order valence-corrected chi connectivity index (χ1v) is 9.54. The molecule has 0 spiro atoms. The molecule has 4 rings (SSSR count). The second-order valence-electron chi connectivity index (χ2n) is 7.14. The number of benzene rings is 2. The van der Waals surface area contributed by atoms with Gasteiger partial charge in [0.2, 0.25) is 0 Å². The lowest BCUT2D eigenvalue weighted by Gasteiger charge is -2.25. The molecular weight excluding hydrogens is 417 g/mol. The number of rotatable bonds is 5. The number of halogens is 1. The number of aliphatic hydroxyl groups excluding tert-OH is 1. The number of aromatic nitrogens is 1. The van der Waals surface area contributed by atoms with Crippen molar-refractivity contribution < 1.29 is 24.0 Å². The van der Waals surface area contributed by atoms with Gasteiger partial charge in [-0.25, -0.2) is 4.39 Å². The van der Waals surface area contributed by atoms with Crippen LogP contribution in [0.15, 0.2) is 78.6 Å². The smallest absolute Gasteiger partial charge is 0.295 e. The van der Waals surface area contributed by atoms with E-state index in [1.165, 1.54) is 59.8 Å². The molecule has 0 radical (unpaired) electrons. The molecule has 1 atom stereocenters. The molecule has 8 nitrogen and oxygen atoms in total. The second-order valence-corrected chi connectivity index (χ2v) is 7.14. The lowest BCUT2D eigenvalue weighted by molar-refractivity contribution is -0.384. The van der Waals surface area contributed by atoms with E-state index in [1.54, 1.807) is 12.1 Å². The minimum Gasteiger partial charge on any atom is -0.507 e. The number of likely N-dealkylation sites (tertiary alicyclic amines) is 1. The zero-order chi connectivity index (χ0) is 22.8. The lowest BCUT2D eigenvalue weighted by atomic mass is 9.95. The molecule has 160 valence electrons. The molecule has 1 aliphatic rings. The van der Waals surface area contributed by atoms with E-state index in [1.807, 2.05) is 0 Å². The Balaban J connectivity index is 1.85. The van der Waals surface area contributed by atoms with Gasteiger partial charge in [0.25, 0.3) is 17.4 Å². The number of amides is 1. The van der Waals surface area contributed by atoms with Crippen LogP contribution in [0.4, 0.5) is 10.1 Å². The van der Waals surface area contributed by atoms with E-state index < -0.39 is 34.2 Å². The van der Waals surface area contributed by atoms with Crippen LogP contribution < -0.4 is 0 Å². The zero-order valence-corrected chi connectivity index (χ0v) is 16.5. The highest BCUT2D eigenvalue weighted by molar-refractivity contribution is 6.46. The Hall–Kier alpha value is -4.40. The summed E-state index contributed by atoms with van der Waals surface area (Å²) in [7, 11) is 0. The summed E-state index contributed by atoms with van der Waals surface area (Å²) in [6, 6.07) is 12.9. The minimum absolute atomic E-state index is 0.0104. The molecule has 1 fully saturated rings. The standard InChI is InChI=1S/C23H16FN3O5/c24-17-6-4-14(5-7-17)13-26-20(15-8-10-25-11-9-15)19(22(29)23(26)30)21(28)16-2-1-3-18(12-16)27(31)32/h1-12,20,28H,13H2/b21-19-. The summed E-state index contributed by atoms with van der Waals surface area (Å²) in [5, 5.41) is 22.1. The quantitative estimate of drug-likeness (QED) is 0.216. The SMILES string of the molecule is O=C1C(=O)N(Cc2ccc(F)cc2)C(c2ccncc2)/C1=C(/O)c1cccc([N+](=O)[O-])c1. The van der Waals surface area contributed by atoms with E-state index >= 15 is 0 Å². The maximum Gasteiger partial charge on any atom is 0.295 e. The molecule has 1 saturated heterocycles. The van der Waals surface area contributed by atoms with Gasteiger partial charge < -0.3 is 10.0 Å².